The number of hydrogen-bond acceptors (Lipinski definition) is 2. The third kappa shape index (κ3) is 4.65. The molecule has 4 nitrogen and oxygen atoms in total. The smallest absolute Gasteiger partial charge is 0.255 e. The van der Waals surface area contributed by atoms with Gasteiger partial charge in [0.25, 0.3) is 11.8 Å². The molecule has 0 aliphatic rings. The molecule has 3 rings (SSSR count). The zero-order valence-corrected chi connectivity index (χ0v) is 16.4. The van der Waals surface area contributed by atoms with Crippen LogP contribution in [0.2, 0.25) is 0 Å². The first-order chi connectivity index (χ1) is 13.4. The molecule has 142 valence electrons. The summed E-state index contributed by atoms with van der Waals surface area (Å²) in [5.41, 5.74) is 5.03. The van der Waals surface area contributed by atoms with Gasteiger partial charge in [0.15, 0.2) is 0 Å². The summed E-state index contributed by atoms with van der Waals surface area (Å²) in [5, 5.41) is 2.90. The Morgan fingerprint density at radius 2 is 1.54 bits per heavy atom. The predicted octanol–water partition coefficient (Wildman–Crippen LogP) is 4.83. The average Bonchev–Trinajstić information content (AvgIpc) is 2.71. The second-order valence-electron chi connectivity index (χ2n) is 6.98. The number of rotatable bonds is 5. The number of carbonyl (C=O) groups is 2. The number of nitrogens with zero attached hydrogens (tertiary/aromatic N) is 1. The van der Waals surface area contributed by atoms with Crippen molar-refractivity contribution in [2.75, 3.05) is 12.4 Å². The Morgan fingerprint density at radius 3 is 2.25 bits per heavy atom. The molecule has 0 bridgehead atoms. The Balaban J connectivity index is 1.72. The Bertz CT molecular complexity index is 996. The fourth-order valence-electron chi connectivity index (χ4n) is 2.97. The zero-order chi connectivity index (χ0) is 20.1. The summed E-state index contributed by atoms with van der Waals surface area (Å²) in [7, 11) is 1.76. The highest BCUT2D eigenvalue weighted by Gasteiger charge is 2.15. The van der Waals surface area contributed by atoms with Gasteiger partial charge in [-0.1, -0.05) is 42.5 Å². The van der Waals surface area contributed by atoms with Crippen LogP contribution in [-0.2, 0) is 6.54 Å². The van der Waals surface area contributed by atoms with Crippen molar-refractivity contribution < 1.29 is 9.59 Å². The van der Waals surface area contributed by atoms with Crippen LogP contribution >= 0.6 is 0 Å². The molecular formula is C24H24N2O2. The minimum atomic E-state index is -0.233. The molecule has 0 aliphatic heterocycles. The lowest BCUT2D eigenvalue weighted by Gasteiger charge is -2.17. The second kappa shape index (κ2) is 8.53. The maximum Gasteiger partial charge on any atom is 0.255 e. The highest BCUT2D eigenvalue weighted by Crippen LogP contribution is 2.16. The molecule has 0 spiro atoms. The largest absolute Gasteiger partial charge is 0.337 e. The summed E-state index contributed by atoms with van der Waals surface area (Å²) in [5.74, 6) is -0.353. The van der Waals surface area contributed by atoms with E-state index in [9.17, 15) is 9.59 Å². The van der Waals surface area contributed by atoms with Crippen LogP contribution in [0.4, 0.5) is 5.69 Å². The standard InChI is InChI=1S/C24H24N2O2/c1-17-12-13-22(14-18(17)2)25-23(27)20-10-7-11-21(15-20)24(28)26(3)16-19-8-5-4-6-9-19/h4-15H,16H2,1-3H3,(H,25,27). The third-order valence-electron chi connectivity index (χ3n) is 4.75. The van der Waals surface area contributed by atoms with E-state index in [0.29, 0.717) is 17.7 Å². The van der Waals surface area contributed by atoms with E-state index in [1.807, 2.05) is 62.4 Å². The molecule has 0 aliphatic carbocycles. The van der Waals surface area contributed by atoms with Gasteiger partial charge in [0, 0.05) is 30.4 Å². The molecule has 28 heavy (non-hydrogen) atoms. The fourth-order valence-corrected chi connectivity index (χ4v) is 2.97. The van der Waals surface area contributed by atoms with Gasteiger partial charge in [-0.15, -0.1) is 0 Å². The number of amides is 2. The molecule has 0 saturated heterocycles. The van der Waals surface area contributed by atoms with Crippen molar-refractivity contribution in [3.05, 3.63) is 101 Å². The van der Waals surface area contributed by atoms with Gasteiger partial charge in [0.05, 0.1) is 0 Å². The van der Waals surface area contributed by atoms with Crippen LogP contribution in [0.3, 0.4) is 0 Å². The van der Waals surface area contributed by atoms with Crippen LogP contribution in [0.15, 0.2) is 72.8 Å². The highest BCUT2D eigenvalue weighted by molar-refractivity contribution is 6.06. The Morgan fingerprint density at radius 1 is 0.821 bits per heavy atom. The monoisotopic (exact) mass is 372 g/mol. The second-order valence-corrected chi connectivity index (χ2v) is 6.98. The van der Waals surface area contributed by atoms with Crippen molar-refractivity contribution in [3.63, 3.8) is 0 Å². The molecule has 1 N–H and O–H groups in total. The van der Waals surface area contributed by atoms with E-state index >= 15 is 0 Å². The van der Waals surface area contributed by atoms with Gasteiger partial charge in [-0.05, 0) is 60.9 Å². The zero-order valence-electron chi connectivity index (χ0n) is 16.4. The van der Waals surface area contributed by atoms with E-state index in [4.69, 9.17) is 0 Å². The van der Waals surface area contributed by atoms with Crippen molar-refractivity contribution in [2.45, 2.75) is 20.4 Å². The van der Waals surface area contributed by atoms with Crippen molar-refractivity contribution >= 4 is 17.5 Å². The minimum absolute atomic E-state index is 0.121. The van der Waals surface area contributed by atoms with Crippen molar-refractivity contribution in [1.82, 2.24) is 4.90 Å². The van der Waals surface area contributed by atoms with E-state index < -0.39 is 0 Å². The van der Waals surface area contributed by atoms with Crippen molar-refractivity contribution in [3.8, 4) is 0 Å². The molecule has 0 aromatic heterocycles. The average molecular weight is 372 g/mol. The number of benzene rings is 3. The van der Waals surface area contributed by atoms with Crippen LogP contribution in [0, 0.1) is 13.8 Å². The number of carbonyl (C=O) groups excluding carboxylic acids is 2. The van der Waals surface area contributed by atoms with Gasteiger partial charge in [-0.2, -0.15) is 0 Å². The lowest BCUT2D eigenvalue weighted by molar-refractivity contribution is 0.0785. The van der Waals surface area contributed by atoms with Crippen molar-refractivity contribution in [2.24, 2.45) is 0 Å². The number of aryl methyl sites for hydroxylation is 2. The molecular weight excluding hydrogens is 348 g/mol. The molecule has 0 atom stereocenters. The van der Waals surface area contributed by atoms with E-state index in [-0.39, 0.29) is 11.8 Å². The van der Waals surface area contributed by atoms with Crippen LogP contribution in [0.5, 0.6) is 0 Å². The van der Waals surface area contributed by atoms with Crippen LogP contribution in [0.1, 0.15) is 37.4 Å². The lowest BCUT2D eigenvalue weighted by atomic mass is 10.1. The SMILES string of the molecule is Cc1ccc(NC(=O)c2cccc(C(=O)N(C)Cc3ccccc3)c2)cc1C. The van der Waals surface area contributed by atoms with Crippen LogP contribution in [0.25, 0.3) is 0 Å². The number of anilines is 1. The Labute approximate surface area is 165 Å². The molecule has 0 radical (unpaired) electrons. The van der Waals surface area contributed by atoms with Crippen LogP contribution < -0.4 is 5.32 Å². The fraction of sp³-hybridized carbons (Fsp3) is 0.167. The highest BCUT2D eigenvalue weighted by atomic mass is 16.2. The maximum atomic E-state index is 12.8. The first kappa shape index (κ1) is 19.4. The summed E-state index contributed by atoms with van der Waals surface area (Å²) < 4.78 is 0. The summed E-state index contributed by atoms with van der Waals surface area (Å²) in [6.07, 6.45) is 0. The van der Waals surface area contributed by atoms with Gasteiger partial charge in [0.2, 0.25) is 0 Å². The first-order valence-electron chi connectivity index (χ1n) is 9.22. The van der Waals surface area contributed by atoms with Crippen molar-refractivity contribution in [1.29, 1.82) is 0 Å². The minimum Gasteiger partial charge on any atom is -0.337 e. The molecule has 4 heteroatoms. The number of nitrogens with one attached hydrogen (secondary N) is 1. The molecule has 0 unspecified atom stereocenters. The molecule has 3 aromatic rings. The Kier molecular flexibility index (Phi) is 5.90. The quantitative estimate of drug-likeness (QED) is 0.697. The van der Waals surface area contributed by atoms with Gasteiger partial charge in [0.1, 0.15) is 0 Å². The summed E-state index contributed by atoms with van der Waals surface area (Å²) >= 11 is 0. The summed E-state index contributed by atoms with van der Waals surface area (Å²) in [6, 6.07) is 22.4. The predicted molar refractivity (Wildman–Crippen MR) is 113 cm³/mol. The van der Waals surface area contributed by atoms with E-state index in [2.05, 4.69) is 5.32 Å². The normalized spacial score (nSPS) is 10.4. The van der Waals surface area contributed by atoms with Gasteiger partial charge >= 0.3 is 0 Å². The first-order valence-corrected chi connectivity index (χ1v) is 9.22. The Hall–Kier alpha value is -3.40. The van der Waals surface area contributed by atoms with Crippen LogP contribution in [-0.4, -0.2) is 23.8 Å². The lowest BCUT2D eigenvalue weighted by Crippen LogP contribution is -2.26. The maximum absolute atomic E-state index is 12.8. The third-order valence-corrected chi connectivity index (χ3v) is 4.75. The number of hydrogen-bond donors (Lipinski definition) is 1. The topological polar surface area (TPSA) is 49.4 Å². The molecule has 0 fully saturated rings. The van der Waals surface area contributed by atoms with E-state index in [1.165, 1.54) is 5.56 Å². The van der Waals surface area contributed by atoms with Gasteiger partial charge in [-0.3, -0.25) is 9.59 Å². The molecule has 0 heterocycles. The molecule has 2 amide bonds. The van der Waals surface area contributed by atoms with E-state index in [1.54, 1.807) is 36.2 Å². The van der Waals surface area contributed by atoms with Gasteiger partial charge < -0.3 is 10.2 Å². The van der Waals surface area contributed by atoms with Gasteiger partial charge in [-0.25, -0.2) is 0 Å². The summed E-state index contributed by atoms with van der Waals surface area (Å²) in [4.78, 5) is 27.0. The summed E-state index contributed by atoms with van der Waals surface area (Å²) in [6.45, 7) is 4.55. The molecule has 3 aromatic carbocycles. The van der Waals surface area contributed by atoms with E-state index in [0.717, 1.165) is 16.8 Å². The molecule has 0 saturated carbocycles.